The maximum Gasteiger partial charge on any atom is 0.245 e. The SMILES string of the molecule is CC(C)[C@@H]1NC(=O)[C@H](Cc2ccccc2)N(C)C(=O)[C@@H](C(C)C)NC(=O)[C@H](Cc2ccccc2)N(C)C1=O. The first-order valence-corrected chi connectivity index (χ1v) is 13.2. The normalized spacial score (nSPS) is 23.7. The van der Waals surface area contributed by atoms with E-state index in [0.29, 0.717) is 0 Å². The summed E-state index contributed by atoms with van der Waals surface area (Å²) in [4.78, 5) is 57.8. The molecule has 8 nitrogen and oxygen atoms in total. The first kappa shape index (κ1) is 28.9. The highest BCUT2D eigenvalue weighted by Crippen LogP contribution is 2.18. The number of hydrogen-bond acceptors (Lipinski definition) is 4. The minimum Gasteiger partial charge on any atom is -0.342 e. The number of rotatable bonds is 6. The van der Waals surface area contributed by atoms with Gasteiger partial charge in [-0.1, -0.05) is 88.4 Å². The number of carbonyl (C=O) groups excluding carboxylic acids is 4. The lowest BCUT2D eigenvalue weighted by Crippen LogP contribution is -2.64. The Bertz CT molecular complexity index is 1030. The summed E-state index contributed by atoms with van der Waals surface area (Å²) in [5.74, 6) is -1.98. The summed E-state index contributed by atoms with van der Waals surface area (Å²) < 4.78 is 0. The molecule has 4 amide bonds. The van der Waals surface area contributed by atoms with Gasteiger partial charge in [0.15, 0.2) is 0 Å². The maximum absolute atomic E-state index is 13.8. The maximum atomic E-state index is 13.8. The van der Waals surface area contributed by atoms with E-state index in [1.165, 1.54) is 9.80 Å². The predicted octanol–water partition coefficient (Wildman–Crippen LogP) is 2.42. The second-order valence-electron chi connectivity index (χ2n) is 10.8. The van der Waals surface area contributed by atoms with E-state index >= 15 is 0 Å². The molecule has 0 radical (unpaired) electrons. The Morgan fingerprint density at radius 1 is 0.605 bits per heavy atom. The molecule has 0 aliphatic carbocycles. The molecule has 38 heavy (non-hydrogen) atoms. The fourth-order valence-electron chi connectivity index (χ4n) is 4.76. The molecule has 8 heteroatoms. The summed E-state index contributed by atoms with van der Waals surface area (Å²) in [6.07, 6.45) is 0.554. The molecular formula is C30H40N4O4. The Balaban J connectivity index is 2.06. The van der Waals surface area contributed by atoms with Crippen molar-refractivity contribution in [2.24, 2.45) is 11.8 Å². The second kappa shape index (κ2) is 12.7. The highest BCUT2D eigenvalue weighted by atomic mass is 16.2. The van der Waals surface area contributed by atoms with Gasteiger partial charge in [-0.2, -0.15) is 0 Å². The smallest absolute Gasteiger partial charge is 0.245 e. The van der Waals surface area contributed by atoms with Gasteiger partial charge in [-0.05, 0) is 23.0 Å². The third-order valence-electron chi connectivity index (χ3n) is 7.24. The zero-order valence-electron chi connectivity index (χ0n) is 23.2. The van der Waals surface area contributed by atoms with E-state index < -0.39 is 36.0 Å². The van der Waals surface area contributed by atoms with Crippen molar-refractivity contribution in [2.75, 3.05) is 14.1 Å². The Morgan fingerprint density at radius 3 is 1.21 bits per heavy atom. The Labute approximate surface area is 225 Å². The first-order valence-electron chi connectivity index (χ1n) is 13.2. The second-order valence-corrected chi connectivity index (χ2v) is 10.8. The summed E-state index contributed by atoms with van der Waals surface area (Å²) in [6.45, 7) is 7.41. The standard InChI is InChI=1S/C30H40N4O4/c1-19(2)25-29(37)33(5)24(18-22-15-11-8-12-16-22)28(36)32-26(20(3)4)30(38)34(6)23(27(35)31-25)17-21-13-9-7-10-14-21/h7-16,19-20,23-26H,17-18H2,1-6H3,(H,31,35)(H,32,36)/t23-,24-,25-,26+/m0/s1. The van der Waals surface area contributed by atoms with E-state index in [9.17, 15) is 19.2 Å². The van der Waals surface area contributed by atoms with E-state index in [0.717, 1.165) is 11.1 Å². The number of benzene rings is 2. The van der Waals surface area contributed by atoms with Gasteiger partial charge >= 0.3 is 0 Å². The van der Waals surface area contributed by atoms with Crippen LogP contribution in [-0.4, -0.2) is 71.7 Å². The number of carbonyl (C=O) groups is 4. The van der Waals surface area contributed by atoms with Crippen molar-refractivity contribution in [1.29, 1.82) is 0 Å². The Morgan fingerprint density at radius 2 is 0.921 bits per heavy atom. The summed E-state index contributed by atoms with van der Waals surface area (Å²) in [7, 11) is 3.17. The van der Waals surface area contributed by atoms with Gasteiger partial charge in [-0.15, -0.1) is 0 Å². The molecule has 0 bridgehead atoms. The highest BCUT2D eigenvalue weighted by molar-refractivity contribution is 5.97. The molecule has 204 valence electrons. The van der Waals surface area contributed by atoms with E-state index in [1.54, 1.807) is 14.1 Å². The number of nitrogens with zero attached hydrogens (tertiary/aromatic N) is 2. The van der Waals surface area contributed by atoms with Crippen LogP contribution in [0, 0.1) is 11.8 Å². The molecule has 0 saturated carbocycles. The molecule has 3 rings (SSSR count). The molecule has 1 heterocycles. The van der Waals surface area contributed by atoms with Crippen LogP contribution >= 0.6 is 0 Å². The third-order valence-corrected chi connectivity index (χ3v) is 7.24. The molecule has 4 atom stereocenters. The van der Waals surface area contributed by atoms with E-state index in [-0.39, 0.29) is 36.5 Å². The minimum absolute atomic E-state index is 0.237. The quantitative estimate of drug-likeness (QED) is 0.611. The van der Waals surface area contributed by atoms with E-state index in [1.807, 2.05) is 88.4 Å². The molecule has 1 aliphatic rings. The van der Waals surface area contributed by atoms with Crippen LogP contribution < -0.4 is 10.6 Å². The van der Waals surface area contributed by atoms with Crippen LogP contribution in [0.1, 0.15) is 38.8 Å². The van der Waals surface area contributed by atoms with Crippen molar-refractivity contribution in [3.8, 4) is 0 Å². The highest BCUT2D eigenvalue weighted by Gasteiger charge is 2.40. The third kappa shape index (κ3) is 6.79. The van der Waals surface area contributed by atoms with Crippen LogP contribution in [0.4, 0.5) is 0 Å². The van der Waals surface area contributed by atoms with Crippen LogP contribution in [-0.2, 0) is 32.0 Å². The molecule has 2 N–H and O–H groups in total. The van der Waals surface area contributed by atoms with Crippen molar-refractivity contribution in [1.82, 2.24) is 20.4 Å². The van der Waals surface area contributed by atoms with Crippen LogP contribution in [0.3, 0.4) is 0 Å². The van der Waals surface area contributed by atoms with Crippen molar-refractivity contribution < 1.29 is 19.2 Å². The number of amides is 4. The number of likely N-dealkylation sites (N-methyl/N-ethyl adjacent to an activating group) is 2. The molecule has 1 fully saturated rings. The average molecular weight is 521 g/mol. The summed E-state index contributed by atoms with van der Waals surface area (Å²) in [6, 6.07) is 15.4. The fourth-order valence-corrected chi connectivity index (χ4v) is 4.76. The zero-order valence-corrected chi connectivity index (χ0v) is 23.2. The monoisotopic (exact) mass is 520 g/mol. The van der Waals surface area contributed by atoms with E-state index in [4.69, 9.17) is 0 Å². The Hall–Kier alpha value is -3.68. The van der Waals surface area contributed by atoms with Gasteiger partial charge in [-0.3, -0.25) is 19.2 Å². The zero-order chi connectivity index (χ0) is 28.0. The van der Waals surface area contributed by atoms with Crippen LogP contribution in [0.2, 0.25) is 0 Å². The van der Waals surface area contributed by atoms with Gasteiger partial charge in [0, 0.05) is 26.9 Å². The predicted molar refractivity (Wildman–Crippen MR) is 147 cm³/mol. The molecule has 1 aliphatic heterocycles. The minimum atomic E-state index is -0.860. The molecular weight excluding hydrogens is 480 g/mol. The van der Waals surface area contributed by atoms with Gasteiger partial charge in [0.2, 0.25) is 23.6 Å². The van der Waals surface area contributed by atoms with Crippen molar-refractivity contribution in [3.63, 3.8) is 0 Å². The fraction of sp³-hybridized carbons (Fsp3) is 0.467. The van der Waals surface area contributed by atoms with Crippen LogP contribution in [0.15, 0.2) is 60.7 Å². The molecule has 0 spiro atoms. The lowest BCUT2D eigenvalue weighted by Gasteiger charge is -2.38. The molecule has 0 unspecified atom stereocenters. The van der Waals surface area contributed by atoms with Crippen molar-refractivity contribution >= 4 is 23.6 Å². The first-order chi connectivity index (χ1) is 18.0. The van der Waals surface area contributed by atoms with Gasteiger partial charge in [-0.25, -0.2) is 0 Å². The largest absolute Gasteiger partial charge is 0.342 e. The van der Waals surface area contributed by atoms with Crippen molar-refractivity contribution in [3.05, 3.63) is 71.8 Å². The van der Waals surface area contributed by atoms with Gasteiger partial charge in [0.05, 0.1) is 0 Å². The van der Waals surface area contributed by atoms with Crippen molar-refractivity contribution in [2.45, 2.75) is 64.7 Å². The molecule has 2 aromatic rings. The lowest BCUT2D eigenvalue weighted by atomic mass is 9.95. The summed E-state index contributed by atoms with van der Waals surface area (Å²) >= 11 is 0. The van der Waals surface area contributed by atoms with Gasteiger partial charge in [0.1, 0.15) is 24.2 Å². The van der Waals surface area contributed by atoms with E-state index in [2.05, 4.69) is 10.6 Å². The molecule has 1 saturated heterocycles. The molecule has 2 aromatic carbocycles. The van der Waals surface area contributed by atoms with Crippen LogP contribution in [0.5, 0.6) is 0 Å². The van der Waals surface area contributed by atoms with Gasteiger partial charge in [0.25, 0.3) is 0 Å². The van der Waals surface area contributed by atoms with Gasteiger partial charge < -0.3 is 20.4 Å². The lowest BCUT2D eigenvalue weighted by molar-refractivity contribution is -0.148. The summed E-state index contributed by atoms with van der Waals surface area (Å²) in [5.41, 5.74) is 1.77. The number of nitrogens with one attached hydrogen (secondary N) is 2. The summed E-state index contributed by atoms with van der Waals surface area (Å²) in [5, 5.41) is 5.85. The average Bonchev–Trinajstić information content (AvgIpc) is 2.90. The Kier molecular flexibility index (Phi) is 9.66. The van der Waals surface area contributed by atoms with Crippen LogP contribution in [0.25, 0.3) is 0 Å². The molecule has 0 aromatic heterocycles. The number of hydrogen-bond donors (Lipinski definition) is 2. The topological polar surface area (TPSA) is 98.8 Å².